The van der Waals surface area contributed by atoms with Gasteiger partial charge in [-0.1, -0.05) is 20.8 Å². The molecule has 1 aliphatic carbocycles. The van der Waals surface area contributed by atoms with Gasteiger partial charge in [-0.2, -0.15) is 0 Å². The van der Waals surface area contributed by atoms with Crippen LogP contribution in [0.4, 0.5) is 0 Å². The molecule has 0 spiro atoms. The summed E-state index contributed by atoms with van der Waals surface area (Å²) in [5.74, 6) is 7.37. The fourth-order valence-corrected chi connectivity index (χ4v) is 2.71. The number of Topliss-reactive ketones (excluding diaryl/α,β-unsaturated/α-hetero) is 1. The maximum Gasteiger partial charge on any atom is 0.136 e. The molecule has 0 aromatic heterocycles. The first kappa shape index (κ1) is 13.3. The maximum atomic E-state index is 12.0. The van der Waals surface area contributed by atoms with Crippen molar-refractivity contribution >= 4 is 5.78 Å². The Labute approximate surface area is 100 Å². The van der Waals surface area contributed by atoms with Gasteiger partial charge < -0.3 is 0 Å². The molecular weight excluding hydrogens is 196 g/mol. The van der Waals surface area contributed by atoms with Crippen LogP contribution in [0.2, 0.25) is 0 Å². The van der Waals surface area contributed by atoms with Crippen molar-refractivity contribution < 1.29 is 4.79 Å². The van der Waals surface area contributed by atoms with Crippen LogP contribution in [0.5, 0.6) is 0 Å². The van der Waals surface area contributed by atoms with Gasteiger partial charge in [0.2, 0.25) is 0 Å². The van der Waals surface area contributed by atoms with Crippen LogP contribution in [0, 0.1) is 29.1 Å². The third kappa shape index (κ3) is 3.37. The zero-order valence-corrected chi connectivity index (χ0v) is 11.1. The first-order valence-electron chi connectivity index (χ1n) is 6.39. The second-order valence-corrected chi connectivity index (χ2v) is 5.82. The second kappa shape index (κ2) is 5.53. The summed E-state index contributed by atoms with van der Waals surface area (Å²) in [5, 5.41) is 0. The van der Waals surface area contributed by atoms with Crippen LogP contribution in [0.3, 0.4) is 0 Å². The summed E-state index contributed by atoms with van der Waals surface area (Å²) in [6.45, 7) is 8.51. The quantitative estimate of drug-likeness (QED) is 0.661. The molecule has 1 rings (SSSR count). The summed E-state index contributed by atoms with van der Waals surface area (Å²) in [5.41, 5.74) is 0.126. The van der Waals surface area contributed by atoms with E-state index in [1.165, 1.54) is 6.42 Å². The van der Waals surface area contributed by atoms with E-state index in [0.29, 0.717) is 11.7 Å². The third-order valence-corrected chi connectivity index (χ3v) is 3.90. The second-order valence-electron chi connectivity index (χ2n) is 5.82. The Morgan fingerprint density at radius 2 is 2.06 bits per heavy atom. The van der Waals surface area contributed by atoms with E-state index in [1.54, 1.807) is 0 Å². The van der Waals surface area contributed by atoms with E-state index in [2.05, 4.69) is 32.6 Å². The summed E-state index contributed by atoms with van der Waals surface area (Å²) >= 11 is 0. The molecule has 1 aliphatic rings. The minimum atomic E-state index is 0.126. The summed E-state index contributed by atoms with van der Waals surface area (Å²) in [6, 6.07) is 0. The van der Waals surface area contributed by atoms with E-state index in [1.807, 2.05) is 6.92 Å². The molecule has 1 heteroatoms. The van der Waals surface area contributed by atoms with Gasteiger partial charge in [-0.3, -0.25) is 4.79 Å². The van der Waals surface area contributed by atoms with Gasteiger partial charge in [-0.05, 0) is 37.5 Å². The van der Waals surface area contributed by atoms with Gasteiger partial charge in [-0.15, -0.1) is 11.8 Å². The van der Waals surface area contributed by atoms with E-state index in [0.717, 1.165) is 25.7 Å². The van der Waals surface area contributed by atoms with Crippen molar-refractivity contribution in [2.75, 3.05) is 0 Å². The van der Waals surface area contributed by atoms with Crippen molar-refractivity contribution in [3.63, 3.8) is 0 Å². The lowest BCUT2D eigenvalue weighted by Gasteiger charge is -2.37. The van der Waals surface area contributed by atoms with Gasteiger partial charge in [-0.25, -0.2) is 0 Å². The Hall–Kier alpha value is -0.770. The van der Waals surface area contributed by atoms with Gasteiger partial charge in [0.1, 0.15) is 5.78 Å². The van der Waals surface area contributed by atoms with E-state index in [-0.39, 0.29) is 11.3 Å². The van der Waals surface area contributed by atoms with Crippen LogP contribution < -0.4 is 0 Å². The van der Waals surface area contributed by atoms with Gasteiger partial charge in [0, 0.05) is 18.8 Å². The van der Waals surface area contributed by atoms with Crippen molar-refractivity contribution in [3.05, 3.63) is 0 Å². The molecule has 90 valence electrons. The average molecular weight is 220 g/mol. The number of carbonyl (C=O) groups excluding carboxylic acids is 1. The predicted molar refractivity (Wildman–Crippen MR) is 68.0 cm³/mol. The van der Waals surface area contributed by atoms with Crippen molar-refractivity contribution in [1.29, 1.82) is 0 Å². The van der Waals surface area contributed by atoms with Crippen LogP contribution in [0.15, 0.2) is 0 Å². The lowest BCUT2D eigenvalue weighted by atomic mass is 9.66. The first-order chi connectivity index (χ1) is 7.47. The highest BCUT2D eigenvalue weighted by atomic mass is 16.1. The van der Waals surface area contributed by atoms with E-state index < -0.39 is 0 Å². The molecule has 1 nitrogen and oxygen atoms in total. The molecule has 0 radical (unpaired) electrons. The highest BCUT2D eigenvalue weighted by molar-refractivity contribution is 5.82. The molecule has 1 fully saturated rings. The number of rotatable bonds is 3. The average Bonchev–Trinajstić information content (AvgIpc) is 2.17. The summed E-state index contributed by atoms with van der Waals surface area (Å²) in [6.07, 6.45) is 5.03. The fraction of sp³-hybridized carbons (Fsp3) is 0.800. The minimum Gasteiger partial charge on any atom is -0.299 e. The molecule has 0 saturated heterocycles. The SMILES string of the molecule is CC#CCCC(C)(C)C1CCC(C)CC1=O. The van der Waals surface area contributed by atoms with Crippen LogP contribution in [0.1, 0.15) is 59.8 Å². The summed E-state index contributed by atoms with van der Waals surface area (Å²) in [4.78, 5) is 12.0. The number of carbonyl (C=O) groups is 1. The molecule has 1 saturated carbocycles. The molecular formula is C15H24O. The topological polar surface area (TPSA) is 17.1 Å². The first-order valence-corrected chi connectivity index (χ1v) is 6.39. The largest absolute Gasteiger partial charge is 0.299 e. The number of hydrogen-bond donors (Lipinski definition) is 0. The van der Waals surface area contributed by atoms with Gasteiger partial charge in [0.25, 0.3) is 0 Å². The van der Waals surface area contributed by atoms with Crippen LogP contribution in [0.25, 0.3) is 0 Å². The molecule has 0 N–H and O–H groups in total. The van der Waals surface area contributed by atoms with E-state index in [9.17, 15) is 4.79 Å². The highest BCUT2D eigenvalue weighted by Crippen LogP contribution is 2.40. The van der Waals surface area contributed by atoms with Crippen molar-refractivity contribution in [2.45, 2.75) is 59.8 Å². The van der Waals surface area contributed by atoms with Gasteiger partial charge in [0.15, 0.2) is 0 Å². The lowest BCUT2D eigenvalue weighted by molar-refractivity contribution is -0.130. The van der Waals surface area contributed by atoms with Gasteiger partial charge >= 0.3 is 0 Å². The van der Waals surface area contributed by atoms with Crippen LogP contribution in [-0.4, -0.2) is 5.78 Å². The Balaban J connectivity index is 2.59. The summed E-state index contributed by atoms with van der Waals surface area (Å²) in [7, 11) is 0. The van der Waals surface area contributed by atoms with Gasteiger partial charge in [0.05, 0.1) is 0 Å². The Morgan fingerprint density at radius 1 is 1.38 bits per heavy atom. The van der Waals surface area contributed by atoms with E-state index in [4.69, 9.17) is 0 Å². The lowest BCUT2D eigenvalue weighted by Crippen LogP contribution is -2.35. The van der Waals surface area contributed by atoms with Crippen molar-refractivity contribution in [1.82, 2.24) is 0 Å². The van der Waals surface area contributed by atoms with Crippen molar-refractivity contribution in [2.24, 2.45) is 17.3 Å². The molecule has 0 aromatic rings. The van der Waals surface area contributed by atoms with Crippen LogP contribution >= 0.6 is 0 Å². The van der Waals surface area contributed by atoms with Crippen LogP contribution in [-0.2, 0) is 4.79 Å². The third-order valence-electron chi connectivity index (χ3n) is 3.90. The molecule has 2 atom stereocenters. The standard InChI is InChI=1S/C15H24O/c1-5-6-7-10-15(3,4)13-9-8-12(2)11-14(13)16/h12-13H,7-11H2,1-4H3. The Bertz CT molecular complexity index is 303. The summed E-state index contributed by atoms with van der Waals surface area (Å²) < 4.78 is 0. The molecule has 0 heterocycles. The van der Waals surface area contributed by atoms with Crippen molar-refractivity contribution in [3.8, 4) is 11.8 Å². The minimum absolute atomic E-state index is 0.126. The predicted octanol–water partition coefficient (Wildman–Crippen LogP) is 3.82. The molecule has 0 bridgehead atoms. The number of ketones is 1. The molecule has 0 aliphatic heterocycles. The fourth-order valence-electron chi connectivity index (χ4n) is 2.71. The van der Waals surface area contributed by atoms with E-state index >= 15 is 0 Å². The molecule has 16 heavy (non-hydrogen) atoms. The number of hydrogen-bond acceptors (Lipinski definition) is 1. The monoisotopic (exact) mass is 220 g/mol. The molecule has 0 amide bonds. The normalized spacial score (nSPS) is 26.1. The molecule has 2 unspecified atom stereocenters. The zero-order valence-electron chi connectivity index (χ0n) is 11.1. The molecule has 0 aromatic carbocycles. The smallest absolute Gasteiger partial charge is 0.136 e. The zero-order chi connectivity index (χ0) is 12.2. The Kier molecular flexibility index (Phi) is 4.59. The highest BCUT2D eigenvalue weighted by Gasteiger charge is 2.37. The Morgan fingerprint density at radius 3 is 2.62 bits per heavy atom. The maximum absolute atomic E-state index is 12.0.